The van der Waals surface area contributed by atoms with Crippen molar-refractivity contribution < 1.29 is 27.5 Å². The monoisotopic (exact) mass is 407 g/mol. The minimum Gasteiger partial charge on any atom is -0.455 e. The van der Waals surface area contributed by atoms with Crippen LogP contribution in [-0.2, 0) is 24.3 Å². The number of nitrogens with one attached hydrogen (secondary N) is 3. The Morgan fingerprint density at radius 2 is 1.71 bits per heavy atom. The van der Waals surface area contributed by atoms with Crippen LogP contribution in [-0.4, -0.2) is 45.5 Å². The zero-order valence-electron chi connectivity index (χ0n) is 15.4. The van der Waals surface area contributed by atoms with E-state index in [4.69, 9.17) is 0 Å². The van der Waals surface area contributed by atoms with Crippen molar-refractivity contribution in [2.24, 2.45) is 0 Å². The highest BCUT2D eigenvalue weighted by Crippen LogP contribution is 2.18. The van der Waals surface area contributed by atoms with E-state index in [0.29, 0.717) is 0 Å². The predicted molar refractivity (Wildman–Crippen MR) is 102 cm³/mol. The van der Waals surface area contributed by atoms with Gasteiger partial charge in [-0.25, -0.2) is 13.2 Å². The first kappa shape index (κ1) is 21.3. The quantitative estimate of drug-likeness (QED) is 0.585. The standard InChI is InChI=1S/C18H21N3O6S/c1-12(2)20-18(24)21-16(22)11-27-17(23)10-19-28(25,26)15-8-7-13-5-3-4-6-14(13)9-15/h3-9,12,19H,10-11H2,1-2H3,(H2,20,21,22,24). The van der Waals surface area contributed by atoms with Crippen LogP contribution in [0.4, 0.5) is 4.79 Å². The molecule has 0 aliphatic rings. The average Bonchev–Trinajstić information content (AvgIpc) is 2.63. The van der Waals surface area contributed by atoms with E-state index in [9.17, 15) is 22.8 Å². The zero-order chi connectivity index (χ0) is 20.7. The third-order valence-electron chi connectivity index (χ3n) is 3.47. The maximum Gasteiger partial charge on any atom is 0.321 e. The van der Waals surface area contributed by atoms with Gasteiger partial charge in [-0.15, -0.1) is 0 Å². The van der Waals surface area contributed by atoms with Gasteiger partial charge in [-0.05, 0) is 36.8 Å². The van der Waals surface area contributed by atoms with Crippen molar-refractivity contribution in [1.29, 1.82) is 0 Å². The number of benzene rings is 2. The lowest BCUT2D eigenvalue weighted by Crippen LogP contribution is -2.44. The van der Waals surface area contributed by atoms with Gasteiger partial charge < -0.3 is 10.1 Å². The van der Waals surface area contributed by atoms with E-state index in [1.54, 1.807) is 32.0 Å². The molecule has 0 aliphatic heterocycles. The smallest absolute Gasteiger partial charge is 0.321 e. The molecule has 0 fully saturated rings. The third-order valence-corrected chi connectivity index (χ3v) is 4.87. The number of ether oxygens (including phenoxy) is 1. The van der Waals surface area contributed by atoms with Crippen LogP contribution in [0.3, 0.4) is 0 Å². The molecule has 150 valence electrons. The fraction of sp³-hybridized carbons (Fsp3) is 0.278. The summed E-state index contributed by atoms with van der Waals surface area (Å²) in [4.78, 5) is 34.5. The van der Waals surface area contributed by atoms with Gasteiger partial charge in [-0.3, -0.25) is 14.9 Å². The minimum atomic E-state index is -3.93. The molecule has 0 unspecified atom stereocenters. The molecule has 0 bridgehead atoms. The molecular weight excluding hydrogens is 386 g/mol. The summed E-state index contributed by atoms with van der Waals surface area (Å²) in [5.41, 5.74) is 0. The fourth-order valence-electron chi connectivity index (χ4n) is 2.23. The van der Waals surface area contributed by atoms with Gasteiger partial charge in [0.15, 0.2) is 6.61 Å². The first-order valence-electron chi connectivity index (χ1n) is 8.42. The molecule has 2 rings (SSSR count). The van der Waals surface area contributed by atoms with Crippen LogP contribution >= 0.6 is 0 Å². The summed E-state index contributed by atoms with van der Waals surface area (Å²) < 4.78 is 31.4. The van der Waals surface area contributed by atoms with Gasteiger partial charge in [0.2, 0.25) is 10.0 Å². The number of esters is 1. The Hall–Kier alpha value is -2.98. The van der Waals surface area contributed by atoms with Crippen molar-refractivity contribution in [1.82, 2.24) is 15.4 Å². The van der Waals surface area contributed by atoms with Gasteiger partial charge in [-0.1, -0.05) is 30.3 Å². The highest BCUT2D eigenvalue weighted by molar-refractivity contribution is 7.89. The second-order valence-corrected chi connectivity index (χ2v) is 7.94. The SMILES string of the molecule is CC(C)NC(=O)NC(=O)COC(=O)CNS(=O)(=O)c1ccc2ccccc2c1. The topological polar surface area (TPSA) is 131 Å². The van der Waals surface area contributed by atoms with Gasteiger partial charge in [0, 0.05) is 6.04 Å². The summed E-state index contributed by atoms with van der Waals surface area (Å²) in [6.45, 7) is 2.07. The van der Waals surface area contributed by atoms with Crippen LogP contribution in [0.1, 0.15) is 13.8 Å². The van der Waals surface area contributed by atoms with Crippen LogP contribution in [0.5, 0.6) is 0 Å². The van der Waals surface area contributed by atoms with Crippen molar-refractivity contribution in [3.8, 4) is 0 Å². The predicted octanol–water partition coefficient (Wildman–Crippen LogP) is 0.896. The van der Waals surface area contributed by atoms with E-state index in [2.05, 4.69) is 14.8 Å². The Balaban J connectivity index is 1.85. The Kier molecular flexibility index (Phi) is 7.07. The highest BCUT2D eigenvalue weighted by Gasteiger charge is 2.17. The summed E-state index contributed by atoms with van der Waals surface area (Å²) >= 11 is 0. The number of imide groups is 1. The molecule has 0 aromatic heterocycles. The summed E-state index contributed by atoms with van der Waals surface area (Å²) in [5, 5.41) is 6.03. The molecule has 3 amide bonds. The van der Waals surface area contributed by atoms with Gasteiger partial charge in [0.05, 0.1) is 4.90 Å². The molecule has 9 nitrogen and oxygen atoms in total. The number of hydrogen-bond acceptors (Lipinski definition) is 6. The van der Waals surface area contributed by atoms with Gasteiger partial charge >= 0.3 is 12.0 Å². The number of urea groups is 1. The Morgan fingerprint density at radius 1 is 1.04 bits per heavy atom. The van der Waals surface area contributed by atoms with Crippen molar-refractivity contribution in [3.05, 3.63) is 42.5 Å². The molecule has 10 heteroatoms. The molecule has 0 saturated heterocycles. The highest BCUT2D eigenvalue weighted by atomic mass is 32.2. The van der Waals surface area contributed by atoms with Crippen molar-refractivity contribution in [2.45, 2.75) is 24.8 Å². The van der Waals surface area contributed by atoms with Gasteiger partial charge in [0.1, 0.15) is 6.54 Å². The number of rotatable bonds is 7. The van der Waals surface area contributed by atoms with E-state index in [-0.39, 0.29) is 10.9 Å². The van der Waals surface area contributed by atoms with Crippen LogP contribution in [0.15, 0.2) is 47.4 Å². The van der Waals surface area contributed by atoms with Crippen LogP contribution in [0.2, 0.25) is 0 Å². The Bertz CT molecular complexity index is 988. The lowest BCUT2D eigenvalue weighted by atomic mass is 10.1. The average molecular weight is 407 g/mol. The molecule has 3 N–H and O–H groups in total. The molecule has 2 aromatic rings. The Labute approximate surface area is 162 Å². The van der Waals surface area contributed by atoms with E-state index in [1.807, 2.05) is 17.4 Å². The maximum atomic E-state index is 12.3. The minimum absolute atomic E-state index is 0.00194. The zero-order valence-corrected chi connectivity index (χ0v) is 16.2. The number of amides is 3. The summed E-state index contributed by atoms with van der Waals surface area (Å²) in [7, 11) is -3.93. The van der Waals surface area contributed by atoms with Crippen LogP contribution in [0, 0.1) is 0 Å². The molecule has 0 heterocycles. The molecule has 2 aromatic carbocycles. The molecule has 28 heavy (non-hydrogen) atoms. The Morgan fingerprint density at radius 3 is 2.39 bits per heavy atom. The first-order valence-corrected chi connectivity index (χ1v) is 9.90. The summed E-state index contributed by atoms with van der Waals surface area (Å²) in [5.74, 6) is -1.78. The first-order chi connectivity index (χ1) is 13.2. The summed E-state index contributed by atoms with van der Waals surface area (Å²) in [6.07, 6.45) is 0. The lowest BCUT2D eigenvalue weighted by Gasteiger charge is -2.10. The second kappa shape index (κ2) is 9.29. The van der Waals surface area contributed by atoms with Crippen molar-refractivity contribution in [2.75, 3.05) is 13.2 Å². The molecular formula is C18H21N3O6S. The second-order valence-electron chi connectivity index (χ2n) is 6.17. The lowest BCUT2D eigenvalue weighted by molar-refractivity contribution is -0.147. The summed E-state index contributed by atoms with van der Waals surface area (Å²) in [6, 6.07) is 11.0. The van der Waals surface area contributed by atoms with E-state index in [1.165, 1.54) is 12.1 Å². The molecule has 0 aliphatic carbocycles. The number of sulfonamides is 1. The fourth-order valence-corrected chi connectivity index (χ4v) is 3.23. The number of fused-ring (bicyclic) bond motifs is 1. The molecule has 0 saturated carbocycles. The van der Waals surface area contributed by atoms with E-state index < -0.39 is 41.1 Å². The number of hydrogen-bond donors (Lipinski definition) is 3. The number of carbonyl (C=O) groups is 3. The van der Waals surface area contributed by atoms with Crippen LogP contribution < -0.4 is 15.4 Å². The molecule has 0 spiro atoms. The van der Waals surface area contributed by atoms with Gasteiger partial charge in [0.25, 0.3) is 5.91 Å². The molecule has 0 radical (unpaired) electrons. The third kappa shape index (κ3) is 6.32. The van der Waals surface area contributed by atoms with Crippen LogP contribution in [0.25, 0.3) is 10.8 Å². The largest absolute Gasteiger partial charge is 0.455 e. The normalized spacial score (nSPS) is 11.2. The van der Waals surface area contributed by atoms with Crippen molar-refractivity contribution in [3.63, 3.8) is 0 Å². The van der Waals surface area contributed by atoms with Gasteiger partial charge in [-0.2, -0.15) is 4.72 Å². The van der Waals surface area contributed by atoms with E-state index >= 15 is 0 Å². The van der Waals surface area contributed by atoms with E-state index in [0.717, 1.165) is 10.8 Å². The molecule has 0 atom stereocenters. The number of carbonyl (C=O) groups excluding carboxylic acids is 3. The maximum absolute atomic E-state index is 12.3. The van der Waals surface area contributed by atoms with Crippen molar-refractivity contribution >= 4 is 38.7 Å².